The average molecular weight is 279 g/mol. The zero-order valence-corrected chi connectivity index (χ0v) is 12.4. The third kappa shape index (κ3) is 2.21. The van der Waals surface area contributed by atoms with Crippen molar-refractivity contribution < 1.29 is 9.53 Å². The topological polar surface area (TPSA) is 42.1 Å². The minimum atomic E-state index is 0.0377. The Labute approximate surface area is 123 Å². The van der Waals surface area contributed by atoms with E-state index in [1.54, 1.807) is 19.2 Å². The van der Waals surface area contributed by atoms with Gasteiger partial charge in [-0.3, -0.25) is 4.79 Å². The SMILES string of the molecule is COc1ccc(C(=O)c2c(C)[nH]c3cccc(C)c23)cc1. The van der Waals surface area contributed by atoms with E-state index in [0.29, 0.717) is 5.56 Å². The summed E-state index contributed by atoms with van der Waals surface area (Å²) in [6.07, 6.45) is 0. The summed E-state index contributed by atoms with van der Waals surface area (Å²) in [5, 5.41) is 1.01. The van der Waals surface area contributed by atoms with Gasteiger partial charge in [0.25, 0.3) is 0 Å². The van der Waals surface area contributed by atoms with Crippen LogP contribution in [0.4, 0.5) is 0 Å². The second-order valence-electron chi connectivity index (χ2n) is 5.18. The highest BCUT2D eigenvalue weighted by Gasteiger charge is 2.18. The Balaban J connectivity index is 2.15. The summed E-state index contributed by atoms with van der Waals surface area (Å²) in [6.45, 7) is 3.97. The van der Waals surface area contributed by atoms with Gasteiger partial charge in [-0.25, -0.2) is 0 Å². The van der Waals surface area contributed by atoms with Gasteiger partial charge in [-0.1, -0.05) is 12.1 Å². The van der Waals surface area contributed by atoms with Crippen LogP contribution < -0.4 is 4.74 Å². The molecule has 0 saturated heterocycles. The van der Waals surface area contributed by atoms with Gasteiger partial charge in [0.15, 0.2) is 5.78 Å². The Morgan fingerprint density at radius 1 is 1.05 bits per heavy atom. The highest BCUT2D eigenvalue weighted by molar-refractivity contribution is 6.18. The molecule has 3 heteroatoms. The summed E-state index contributed by atoms with van der Waals surface area (Å²) >= 11 is 0. The van der Waals surface area contributed by atoms with Gasteiger partial charge in [0, 0.05) is 22.2 Å². The summed E-state index contributed by atoms with van der Waals surface area (Å²) in [7, 11) is 1.62. The molecule has 21 heavy (non-hydrogen) atoms. The zero-order chi connectivity index (χ0) is 15.0. The predicted octanol–water partition coefficient (Wildman–Crippen LogP) is 4.02. The molecule has 3 nitrogen and oxygen atoms in total. The zero-order valence-electron chi connectivity index (χ0n) is 12.4. The normalized spacial score (nSPS) is 10.8. The van der Waals surface area contributed by atoms with Crippen LogP contribution in [-0.2, 0) is 0 Å². The van der Waals surface area contributed by atoms with Gasteiger partial charge in [0.1, 0.15) is 5.75 Å². The van der Waals surface area contributed by atoms with Crippen LogP contribution in [0.5, 0.6) is 5.75 Å². The number of aromatic nitrogens is 1. The fourth-order valence-electron chi connectivity index (χ4n) is 2.73. The number of benzene rings is 2. The number of nitrogens with one attached hydrogen (secondary N) is 1. The number of aryl methyl sites for hydroxylation is 2. The van der Waals surface area contributed by atoms with Gasteiger partial charge in [0.05, 0.1) is 12.7 Å². The number of rotatable bonds is 3. The van der Waals surface area contributed by atoms with Crippen LogP contribution in [-0.4, -0.2) is 17.9 Å². The molecule has 0 atom stereocenters. The molecule has 2 aromatic carbocycles. The molecule has 0 unspecified atom stereocenters. The number of hydrogen-bond donors (Lipinski definition) is 1. The quantitative estimate of drug-likeness (QED) is 0.736. The average Bonchev–Trinajstić information content (AvgIpc) is 2.84. The van der Waals surface area contributed by atoms with Crippen LogP contribution >= 0.6 is 0 Å². The molecule has 1 N–H and O–H groups in total. The number of hydrogen-bond acceptors (Lipinski definition) is 2. The summed E-state index contributed by atoms with van der Waals surface area (Å²) in [5.74, 6) is 0.786. The van der Waals surface area contributed by atoms with E-state index in [2.05, 4.69) is 4.98 Å². The standard InChI is InChI=1S/C18H17NO2/c1-11-5-4-6-15-16(11)17(12(2)19-15)18(20)13-7-9-14(21-3)10-8-13/h4-10,19H,1-3H3. The van der Waals surface area contributed by atoms with Gasteiger partial charge in [-0.2, -0.15) is 0 Å². The number of methoxy groups -OCH3 is 1. The molecule has 0 saturated carbocycles. The van der Waals surface area contributed by atoms with Crippen molar-refractivity contribution in [3.05, 3.63) is 64.8 Å². The highest BCUT2D eigenvalue weighted by Crippen LogP contribution is 2.28. The number of ether oxygens (including phenoxy) is 1. The van der Waals surface area contributed by atoms with Crippen LogP contribution in [0.3, 0.4) is 0 Å². The van der Waals surface area contributed by atoms with Gasteiger partial charge < -0.3 is 9.72 Å². The monoisotopic (exact) mass is 279 g/mol. The molecule has 0 aliphatic carbocycles. The fourth-order valence-corrected chi connectivity index (χ4v) is 2.73. The molecule has 0 fully saturated rings. The first-order chi connectivity index (χ1) is 10.1. The molecule has 3 rings (SSSR count). The highest BCUT2D eigenvalue weighted by atomic mass is 16.5. The molecule has 0 aliphatic heterocycles. The molecule has 3 aromatic rings. The molecule has 0 bridgehead atoms. The molecule has 106 valence electrons. The minimum Gasteiger partial charge on any atom is -0.497 e. The third-order valence-electron chi connectivity index (χ3n) is 3.80. The van der Waals surface area contributed by atoms with E-state index in [0.717, 1.165) is 33.5 Å². The first-order valence-electron chi connectivity index (χ1n) is 6.88. The Kier molecular flexibility index (Phi) is 3.26. The largest absolute Gasteiger partial charge is 0.497 e. The molecule has 1 heterocycles. The summed E-state index contributed by atoms with van der Waals surface area (Å²) in [6, 6.07) is 13.2. The number of ketones is 1. The molecule has 0 amide bonds. The lowest BCUT2D eigenvalue weighted by Crippen LogP contribution is -2.03. The van der Waals surface area contributed by atoms with E-state index in [1.807, 2.05) is 44.2 Å². The van der Waals surface area contributed by atoms with Crippen molar-refractivity contribution in [2.45, 2.75) is 13.8 Å². The van der Waals surface area contributed by atoms with Crippen LogP contribution in [0.1, 0.15) is 27.2 Å². The van der Waals surface area contributed by atoms with Crippen molar-refractivity contribution in [1.29, 1.82) is 0 Å². The molecule has 0 radical (unpaired) electrons. The Hall–Kier alpha value is -2.55. The number of carbonyl (C=O) groups is 1. The van der Waals surface area contributed by atoms with Gasteiger partial charge >= 0.3 is 0 Å². The lowest BCUT2D eigenvalue weighted by atomic mass is 9.98. The van der Waals surface area contributed by atoms with Gasteiger partial charge in [-0.05, 0) is 49.7 Å². The third-order valence-corrected chi connectivity index (χ3v) is 3.80. The maximum Gasteiger partial charge on any atom is 0.195 e. The molecule has 0 aliphatic rings. The lowest BCUT2D eigenvalue weighted by Gasteiger charge is -2.05. The number of H-pyrrole nitrogens is 1. The van der Waals surface area contributed by atoms with Gasteiger partial charge in [-0.15, -0.1) is 0 Å². The van der Waals surface area contributed by atoms with E-state index >= 15 is 0 Å². The minimum absolute atomic E-state index is 0.0377. The van der Waals surface area contributed by atoms with Crippen molar-refractivity contribution >= 4 is 16.7 Å². The molecule has 1 aromatic heterocycles. The van der Waals surface area contributed by atoms with Crippen molar-refractivity contribution in [3.8, 4) is 5.75 Å². The lowest BCUT2D eigenvalue weighted by molar-refractivity contribution is 0.103. The second-order valence-corrected chi connectivity index (χ2v) is 5.18. The van der Waals surface area contributed by atoms with E-state index in [-0.39, 0.29) is 5.78 Å². The molecule has 0 spiro atoms. The van der Waals surface area contributed by atoms with Crippen LogP contribution in [0.25, 0.3) is 10.9 Å². The Morgan fingerprint density at radius 2 is 1.76 bits per heavy atom. The summed E-state index contributed by atoms with van der Waals surface area (Å²) < 4.78 is 5.14. The van der Waals surface area contributed by atoms with Crippen molar-refractivity contribution in [3.63, 3.8) is 0 Å². The first-order valence-corrected chi connectivity index (χ1v) is 6.88. The van der Waals surface area contributed by atoms with Crippen LogP contribution in [0.15, 0.2) is 42.5 Å². The van der Waals surface area contributed by atoms with E-state index in [9.17, 15) is 4.79 Å². The second kappa shape index (κ2) is 5.09. The Bertz CT molecular complexity index is 813. The van der Waals surface area contributed by atoms with E-state index in [4.69, 9.17) is 4.74 Å². The molecular formula is C18H17NO2. The van der Waals surface area contributed by atoms with Crippen LogP contribution in [0, 0.1) is 13.8 Å². The van der Waals surface area contributed by atoms with Crippen molar-refractivity contribution in [2.75, 3.05) is 7.11 Å². The fraction of sp³-hybridized carbons (Fsp3) is 0.167. The first kappa shape index (κ1) is 13.4. The summed E-state index contributed by atoms with van der Waals surface area (Å²) in [4.78, 5) is 16.1. The van der Waals surface area contributed by atoms with E-state index in [1.165, 1.54) is 0 Å². The van der Waals surface area contributed by atoms with E-state index < -0.39 is 0 Å². The van der Waals surface area contributed by atoms with Gasteiger partial charge in [0.2, 0.25) is 0 Å². The van der Waals surface area contributed by atoms with Crippen LogP contribution in [0.2, 0.25) is 0 Å². The molecular weight excluding hydrogens is 262 g/mol. The Morgan fingerprint density at radius 3 is 2.43 bits per heavy atom. The van der Waals surface area contributed by atoms with Crippen molar-refractivity contribution in [1.82, 2.24) is 4.98 Å². The van der Waals surface area contributed by atoms with Crippen molar-refractivity contribution in [2.24, 2.45) is 0 Å². The number of aromatic amines is 1. The predicted molar refractivity (Wildman–Crippen MR) is 84.2 cm³/mol. The number of fused-ring (bicyclic) bond motifs is 1. The maximum absolute atomic E-state index is 12.8. The summed E-state index contributed by atoms with van der Waals surface area (Å²) in [5.41, 5.74) is 4.44. The number of carbonyl (C=O) groups excluding carboxylic acids is 1. The smallest absolute Gasteiger partial charge is 0.195 e. The maximum atomic E-state index is 12.8.